The molecule has 2 aromatic heterocycles. The van der Waals surface area contributed by atoms with Crippen molar-refractivity contribution in [1.82, 2.24) is 19.9 Å². The largest absolute Gasteiger partial charge is 0.497 e. The van der Waals surface area contributed by atoms with Crippen LogP contribution in [0.1, 0.15) is 17.4 Å². The number of hydrogen-bond donors (Lipinski definition) is 2. The third kappa shape index (κ3) is 3.67. The minimum atomic E-state index is -0.416. The fourth-order valence-corrected chi connectivity index (χ4v) is 3.80. The first-order chi connectivity index (χ1) is 13.6. The van der Waals surface area contributed by atoms with Crippen LogP contribution in [0, 0.1) is 0 Å². The van der Waals surface area contributed by atoms with Crippen LogP contribution in [0.15, 0.2) is 60.9 Å². The van der Waals surface area contributed by atoms with E-state index in [0.717, 1.165) is 27.4 Å². The summed E-state index contributed by atoms with van der Waals surface area (Å²) in [6.45, 7) is 0. The number of anilines is 1. The molecule has 0 aliphatic carbocycles. The topological polar surface area (TPSA) is 81.1 Å². The molecule has 7 nitrogen and oxygen atoms in total. The highest BCUT2D eigenvalue weighted by molar-refractivity contribution is 7.22. The maximum Gasteiger partial charge on any atom is 0.321 e. The number of nitrogens with one attached hydrogen (secondary N) is 2. The van der Waals surface area contributed by atoms with Crippen molar-refractivity contribution in [1.29, 1.82) is 0 Å². The lowest BCUT2D eigenvalue weighted by Gasteiger charge is -2.19. The summed E-state index contributed by atoms with van der Waals surface area (Å²) < 4.78 is 8.13. The number of nitrogens with zero attached hydrogens (tertiary/aromatic N) is 3. The fraction of sp³-hybridized carbons (Fsp3) is 0.150. The Hall–Kier alpha value is -3.39. The number of carbonyl (C=O) groups excluding carboxylic acids is 1. The molecule has 2 heterocycles. The number of hydrogen-bond acceptors (Lipinski definition) is 5. The van der Waals surface area contributed by atoms with E-state index >= 15 is 0 Å². The molecule has 142 valence electrons. The molecule has 2 amide bonds. The number of carbonyl (C=O) groups is 1. The molecule has 0 aliphatic rings. The van der Waals surface area contributed by atoms with Crippen molar-refractivity contribution in [2.24, 2.45) is 7.05 Å². The Bertz CT molecular complexity index is 1070. The number of methoxy groups -OCH3 is 1. The Balaban J connectivity index is 1.57. The van der Waals surface area contributed by atoms with Gasteiger partial charge in [0, 0.05) is 19.4 Å². The average Bonchev–Trinajstić information content (AvgIpc) is 3.31. The van der Waals surface area contributed by atoms with Gasteiger partial charge < -0.3 is 14.6 Å². The number of urea groups is 1. The van der Waals surface area contributed by atoms with E-state index in [2.05, 4.69) is 20.6 Å². The molecule has 28 heavy (non-hydrogen) atoms. The molecule has 1 unspecified atom stereocenters. The first kappa shape index (κ1) is 18.0. The van der Waals surface area contributed by atoms with Crippen LogP contribution in [-0.2, 0) is 7.05 Å². The highest BCUT2D eigenvalue weighted by Gasteiger charge is 2.21. The number of ether oxygens (including phenoxy) is 1. The molecule has 0 aliphatic heterocycles. The van der Waals surface area contributed by atoms with Crippen LogP contribution >= 0.6 is 11.3 Å². The SMILES string of the molecule is COc1ccc(C(NC(=O)Nc2nc3ccccc3s2)c2nccn2C)cc1. The molecular weight excluding hydrogens is 374 g/mol. The maximum atomic E-state index is 12.7. The van der Waals surface area contributed by atoms with Gasteiger partial charge >= 0.3 is 6.03 Å². The standard InChI is InChI=1S/C20H19N5O2S/c1-25-12-11-21-18(25)17(13-7-9-14(27-2)10-8-13)23-19(26)24-20-22-15-5-3-4-6-16(15)28-20/h3-12,17H,1-2H3,(H2,22,23,24,26). The molecular formula is C20H19N5O2S. The Morgan fingerprint density at radius 1 is 1.18 bits per heavy atom. The molecule has 0 bridgehead atoms. The molecule has 8 heteroatoms. The summed E-state index contributed by atoms with van der Waals surface area (Å²) in [5.41, 5.74) is 1.76. The minimum Gasteiger partial charge on any atom is -0.497 e. The molecule has 0 saturated heterocycles. The summed E-state index contributed by atoms with van der Waals surface area (Å²) in [5.74, 6) is 1.48. The lowest BCUT2D eigenvalue weighted by Crippen LogP contribution is -2.34. The van der Waals surface area contributed by atoms with Crippen LogP contribution in [0.4, 0.5) is 9.93 Å². The van der Waals surface area contributed by atoms with E-state index in [1.54, 1.807) is 13.3 Å². The monoisotopic (exact) mass is 393 g/mol. The number of aryl methyl sites for hydroxylation is 1. The Labute approximate surface area is 166 Å². The van der Waals surface area contributed by atoms with Crippen LogP contribution in [0.3, 0.4) is 0 Å². The first-order valence-electron chi connectivity index (χ1n) is 8.68. The number of thiazole rings is 1. The summed E-state index contributed by atoms with van der Waals surface area (Å²) >= 11 is 1.43. The van der Waals surface area contributed by atoms with E-state index in [1.165, 1.54) is 11.3 Å². The zero-order valence-electron chi connectivity index (χ0n) is 15.4. The van der Waals surface area contributed by atoms with E-state index in [1.807, 2.05) is 66.3 Å². The summed E-state index contributed by atoms with van der Waals surface area (Å²) in [4.78, 5) is 21.5. The van der Waals surface area contributed by atoms with E-state index in [0.29, 0.717) is 5.13 Å². The van der Waals surface area contributed by atoms with Gasteiger partial charge in [-0.1, -0.05) is 35.6 Å². The number of rotatable bonds is 5. The second-order valence-electron chi connectivity index (χ2n) is 6.19. The molecule has 0 fully saturated rings. The second kappa shape index (κ2) is 7.69. The van der Waals surface area contributed by atoms with E-state index in [9.17, 15) is 4.79 Å². The summed E-state index contributed by atoms with van der Waals surface area (Å²) in [5, 5.41) is 6.38. The zero-order chi connectivity index (χ0) is 19.5. The number of imidazole rings is 1. The number of fused-ring (bicyclic) bond motifs is 1. The smallest absolute Gasteiger partial charge is 0.321 e. The predicted molar refractivity (Wildman–Crippen MR) is 110 cm³/mol. The van der Waals surface area contributed by atoms with Gasteiger partial charge in [-0.25, -0.2) is 14.8 Å². The molecule has 0 radical (unpaired) electrons. The van der Waals surface area contributed by atoms with E-state index < -0.39 is 6.04 Å². The molecule has 2 N–H and O–H groups in total. The molecule has 1 atom stereocenters. The number of aromatic nitrogens is 3. The van der Waals surface area contributed by atoms with Gasteiger partial charge in [0.1, 0.15) is 17.6 Å². The van der Waals surface area contributed by atoms with Crippen molar-refractivity contribution in [2.45, 2.75) is 6.04 Å². The molecule has 4 aromatic rings. The molecule has 0 spiro atoms. The number of amides is 2. The van der Waals surface area contributed by atoms with Crippen molar-refractivity contribution in [3.8, 4) is 5.75 Å². The van der Waals surface area contributed by atoms with Crippen molar-refractivity contribution in [2.75, 3.05) is 12.4 Å². The summed E-state index contributed by atoms with van der Waals surface area (Å²) in [6, 6.07) is 14.6. The van der Waals surface area contributed by atoms with Gasteiger partial charge in [0.2, 0.25) is 0 Å². The lowest BCUT2D eigenvalue weighted by atomic mass is 10.1. The van der Waals surface area contributed by atoms with Crippen LogP contribution in [-0.4, -0.2) is 27.7 Å². The van der Waals surface area contributed by atoms with Crippen LogP contribution in [0.25, 0.3) is 10.2 Å². The van der Waals surface area contributed by atoms with Crippen molar-refractivity contribution in [3.63, 3.8) is 0 Å². The minimum absolute atomic E-state index is 0.345. The quantitative estimate of drug-likeness (QED) is 0.538. The van der Waals surface area contributed by atoms with Gasteiger partial charge in [-0.3, -0.25) is 5.32 Å². The second-order valence-corrected chi connectivity index (χ2v) is 7.22. The summed E-state index contributed by atoms with van der Waals surface area (Å²) in [7, 11) is 3.51. The molecule has 0 saturated carbocycles. The highest BCUT2D eigenvalue weighted by Crippen LogP contribution is 2.26. The molecule has 2 aromatic carbocycles. The van der Waals surface area contributed by atoms with Gasteiger partial charge in [-0.2, -0.15) is 0 Å². The Morgan fingerprint density at radius 2 is 1.96 bits per heavy atom. The van der Waals surface area contributed by atoms with Crippen molar-refractivity contribution >= 4 is 32.7 Å². The Morgan fingerprint density at radius 3 is 2.64 bits per heavy atom. The normalized spacial score (nSPS) is 11.9. The van der Waals surface area contributed by atoms with E-state index in [4.69, 9.17) is 4.74 Å². The number of para-hydroxylation sites is 1. The highest BCUT2D eigenvalue weighted by atomic mass is 32.1. The summed E-state index contributed by atoms with van der Waals surface area (Å²) in [6.07, 6.45) is 3.55. The van der Waals surface area contributed by atoms with Gasteiger partial charge in [-0.15, -0.1) is 0 Å². The third-order valence-electron chi connectivity index (χ3n) is 4.36. The molecule has 4 rings (SSSR count). The maximum absolute atomic E-state index is 12.7. The third-order valence-corrected chi connectivity index (χ3v) is 5.31. The van der Waals surface area contributed by atoms with Crippen LogP contribution in [0.2, 0.25) is 0 Å². The average molecular weight is 393 g/mol. The van der Waals surface area contributed by atoms with Crippen LogP contribution < -0.4 is 15.4 Å². The fourth-order valence-electron chi connectivity index (χ4n) is 2.94. The first-order valence-corrected chi connectivity index (χ1v) is 9.50. The predicted octanol–water partition coefficient (Wildman–Crippen LogP) is 3.95. The van der Waals surface area contributed by atoms with E-state index in [-0.39, 0.29) is 6.03 Å². The van der Waals surface area contributed by atoms with Crippen molar-refractivity contribution in [3.05, 3.63) is 72.3 Å². The van der Waals surface area contributed by atoms with Gasteiger partial charge in [0.05, 0.1) is 17.3 Å². The number of benzene rings is 2. The zero-order valence-corrected chi connectivity index (χ0v) is 16.2. The van der Waals surface area contributed by atoms with Crippen LogP contribution in [0.5, 0.6) is 5.75 Å². The van der Waals surface area contributed by atoms with Crippen molar-refractivity contribution < 1.29 is 9.53 Å². The van der Waals surface area contributed by atoms with Gasteiger partial charge in [0.25, 0.3) is 0 Å². The lowest BCUT2D eigenvalue weighted by molar-refractivity contribution is 0.249. The van der Waals surface area contributed by atoms with Gasteiger partial charge in [-0.05, 0) is 29.8 Å². The van der Waals surface area contributed by atoms with Gasteiger partial charge in [0.15, 0.2) is 5.13 Å². The Kier molecular flexibility index (Phi) is 4.94.